The van der Waals surface area contributed by atoms with Crippen molar-refractivity contribution in [2.45, 2.75) is 44.8 Å². The molecule has 0 saturated heterocycles. The van der Waals surface area contributed by atoms with Gasteiger partial charge in [0.05, 0.1) is 16.6 Å². The summed E-state index contributed by atoms with van der Waals surface area (Å²) >= 11 is 6.06. The lowest BCUT2D eigenvalue weighted by atomic mass is 9.95. The van der Waals surface area contributed by atoms with E-state index in [0.29, 0.717) is 22.3 Å². The number of ether oxygens (including phenoxy) is 1. The first-order valence-electron chi connectivity index (χ1n) is 13.5. The molecule has 0 amide bonds. The number of hydrogen-bond donors (Lipinski definition) is 2. The maximum absolute atomic E-state index is 11.6. The van der Waals surface area contributed by atoms with E-state index in [2.05, 4.69) is 4.57 Å². The summed E-state index contributed by atoms with van der Waals surface area (Å²) in [7, 11) is 0. The highest BCUT2D eigenvalue weighted by Gasteiger charge is 2.23. The van der Waals surface area contributed by atoms with E-state index >= 15 is 0 Å². The summed E-state index contributed by atoms with van der Waals surface area (Å²) in [5.74, 6) is 0.763. The highest BCUT2D eigenvalue weighted by atomic mass is 35.5. The normalized spacial score (nSPS) is 13.6. The zero-order valence-electron chi connectivity index (χ0n) is 22.3. The molecule has 1 aliphatic rings. The van der Waals surface area contributed by atoms with E-state index in [4.69, 9.17) is 21.3 Å². The number of nitrogens with zero attached hydrogens (tertiary/aromatic N) is 2. The molecule has 0 radical (unpaired) electrons. The van der Waals surface area contributed by atoms with Crippen LogP contribution in [0.2, 0.25) is 5.02 Å². The second-order valence-electron chi connectivity index (χ2n) is 10.3. The van der Waals surface area contributed by atoms with Crippen LogP contribution in [-0.4, -0.2) is 25.7 Å². The molecule has 1 aliphatic carbocycles. The number of imidazole rings is 1. The minimum atomic E-state index is -0.955. The number of aromatic nitrogens is 2. The van der Waals surface area contributed by atoms with E-state index in [9.17, 15) is 15.0 Å². The van der Waals surface area contributed by atoms with E-state index in [0.717, 1.165) is 46.4 Å². The summed E-state index contributed by atoms with van der Waals surface area (Å²) < 4.78 is 8.43. The third-order valence-electron chi connectivity index (χ3n) is 7.63. The van der Waals surface area contributed by atoms with Crippen LogP contribution in [0.5, 0.6) is 11.5 Å². The number of benzene rings is 4. The largest absolute Gasteiger partial charge is 0.508 e. The molecule has 0 unspecified atom stereocenters. The molecule has 1 aromatic heterocycles. The molecular weight excluding hydrogens is 559 g/mol. The molecule has 6 nitrogen and oxygen atoms in total. The summed E-state index contributed by atoms with van der Waals surface area (Å²) in [6, 6.07) is 26.2. The van der Waals surface area contributed by atoms with E-state index < -0.39 is 5.97 Å². The fourth-order valence-corrected chi connectivity index (χ4v) is 5.74. The second-order valence-corrected chi connectivity index (χ2v) is 10.7. The molecule has 0 aliphatic heterocycles. The van der Waals surface area contributed by atoms with Gasteiger partial charge >= 0.3 is 5.97 Å². The van der Waals surface area contributed by atoms with Gasteiger partial charge in [-0.2, -0.15) is 0 Å². The van der Waals surface area contributed by atoms with Crippen molar-refractivity contribution < 1.29 is 19.7 Å². The lowest BCUT2D eigenvalue weighted by Crippen LogP contribution is -2.14. The van der Waals surface area contributed by atoms with Gasteiger partial charge in [0.1, 0.15) is 23.9 Å². The predicted molar refractivity (Wildman–Crippen MR) is 164 cm³/mol. The van der Waals surface area contributed by atoms with E-state index in [1.54, 1.807) is 24.3 Å². The smallest absolute Gasteiger partial charge is 0.335 e. The van der Waals surface area contributed by atoms with Crippen molar-refractivity contribution in [1.82, 2.24) is 9.55 Å². The number of phenolic OH excluding ortho intramolecular Hbond substituents is 1. The average Bonchev–Trinajstić information content (AvgIpc) is 3.36. The van der Waals surface area contributed by atoms with Crippen molar-refractivity contribution >= 4 is 41.0 Å². The molecular formula is C33H30Cl2N2O4. The molecule has 6 rings (SSSR count). The Bertz CT molecular complexity index is 1670. The number of aromatic carboxylic acids is 1. The lowest BCUT2D eigenvalue weighted by molar-refractivity contribution is 0.0697. The number of aromatic hydroxyl groups is 1. The summed E-state index contributed by atoms with van der Waals surface area (Å²) in [5, 5.41) is 20.3. The molecule has 8 heteroatoms. The summed E-state index contributed by atoms with van der Waals surface area (Å²) in [5.41, 5.74) is 5.66. The Morgan fingerprint density at radius 1 is 0.902 bits per heavy atom. The highest BCUT2D eigenvalue weighted by Crippen LogP contribution is 2.37. The predicted octanol–water partition coefficient (Wildman–Crippen LogP) is 8.93. The highest BCUT2D eigenvalue weighted by molar-refractivity contribution is 6.30. The number of carboxylic acids is 1. The average molecular weight is 590 g/mol. The maximum Gasteiger partial charge on any atom is 0.335 e. The topological polar surface area (TPSA) is 84.6 Å². The second kappa shape index (κ2) is 12.2. The number of carbonyl (C=O) groups is 1. The molecule has 1 fully saturated rings. The first kappa shape index (κ1) is 28.5. The Morgan fingerprint density at radius 3 is 2.32 bits per heavy atom. The van der Waals surface area contributed by atoms with E-state index in [1.165, 1.54) is 19.3 Å². The van der Waals surface area contributed by atoms with Crippen molar-refractivity contribution in [3.63, 3.8) is 0 Å². The van der Waals surface area contributed by atoms with Crippen LogP contribution < -0.4 is 4.74 Å². The Hall–Kier alpha value is -4.00. The lowest BCUT2D eigenvalue weighted by Gasteiger charge is -2.25. The zero-order valence-corrected chi connectivity index (χ0v) is 23.9. The van der Waals surface area contributed by atoms with Crippen molar-refractivity contribution in [2.75, 3.05) is 0 Å². The molecule has 2 N–H and O–H groups in total. The first-order chi connectivity index (χ1) is 19.5. The third-order valence-corrected chi connectivity index (χ3v) is 7.88. The van der Waals surface area contributed by atoms with Gasteiger partial charge in [-0.1, -0.05) is 49.1 Å². The van der Waals surface area contributed by atoms with Gasteiger partial charge in [0.15, 0.2) is 0 Å². The van der Waals surface area contributed by atoms with Gasteiger partial charge in [0.25, 0.3) is 0 Å². The van der Waals surface area contributed by atoms with Crippen LogP contribution in [0.25, 0.3) is 33.5 Å². The molecule has 5 aromatic rings. The monoisotopic (exact) mass is 588 g/mol. The third kappa shape index (κ3) is 6.04. The fourth-order valence-electron chi connectivity index (χ4n) is 5.62. The van der Waals surface area contributed by atoms with Crippen LogP contribution in [0.1, 0.15) is 54.1 Å². The Kier molecular flexibility index (Phi) is 8.52. The van der Waals surface area contributed by atoms with E-state index in [-0.39, 0.29) is 30.3 Å². The minimum Gasteiger partial charge on any atom is -0.508 e. The zero-order chi connectivity index (χ0) is 27.6. The fraction of sp³-hybridized carbons (Fsp3) is 0.212. The van der Waals surface area contributed by atoms with Crippen LogP contribution in [0.4, 0.5) is 0 Å². The number of fused-ring (bicyclic) bond motifs is 1. The van der Waals surface area contributed by atoms with Crippen molar-refractivity contribution in [3.8, 4) is 34.0 Å². The number of phenols is 1. The number of halogens is 2. The Morgan fingerprint density at radius 2 is 1.61 bits per heavy atom. The molecule has 1 saturated carbocycles. The molecule has 4 aromatic carbocycles. The van der Waals surface area contributed by atoms with E-state index in [1.807, 2.05) is 60.7 Å². The van der Waals surface area contributed by atoms with Crippen molar-refractivity contribution in [3.05, 3.63) is 101 Å². The van der Waals surface area contributed by atoms with Crippen molar-refractivity contribution in [1.29, 1.82) is 0 Å². The molecule has 0 spiro atoms. The molecule has 0 atom stereocenters. The summed E-state index contributed by atoms with van der Waals surface area (Å²) in [6.07, 6.45) is 5.76. The van der Waals surface area contributed by atoms with Crippen LogP contribution in [0.3, 0.4) is 0 Å². The maximum atomic E-state index is 11.6. The van der Waals surface area contributed by atoms with Gasteiger partial charge in [-0.3, -0.25) is 0 Å². The molecule has 1 heterocycles. The standard InChI is InChI=1S/C33H29ClN2O4.ClH/c34-25-11-6-21(7-12-25)29-16-13-27(37)18-24(29)20-40-28-14-8-22(9-15-28)32-35-30-19-23(33(38)39)10-17-31(30)36(32)26-4-2-1-3-5-26;/h6-19,26,37H,1-5,20H2,(H,38,39);1H. The molecule has 41 heavy (non-hydrogen) atoms. The summed E-state index contributed by atoms with van der Waals surface area (Å²) in [6.45, 7) is 0.282. The van der Waals surface area contributed by atoms with Gasteiger partial charge in [-0.05, 0) is 90.7 Å². The van der Waals surface area contributed by atoms with Crippen LogP contribution in [0.15, 0.2) is 84.9 Å². The van der Waals surface area contributed by atoms with Crippen LogP contribution >= 0.6 is 24.0 Å². The van der Waals surface area contributed by atoms with Gasteiger partial charge in [-0.25, -0.2) is 9.78 Å². The first-order valence-corrected chi connectivity index (χ1v) is 13.9. The minimum absolute atomic E-state index is 0. The number of carboxylic acid groups (broad SMARTS) is 1. The SMILES string of the molecule is Cl.O=C(O)c1ccc2c(c1)nc(-c1ccc(OCc3cc(O)ccc3-c3ccc(Cl)cc3)cc1)n2C1CCCCC1. The van der Waals surface area contributed by atoms with Gasteiger partial charge in [-0.15, -0.1) is 12.4 Å². The number of hydrogen-bond acceptors (Lipinski definition) is 4. The van der Waals surface area contributed by atoms with Gasteiger partial charge < -0.3 is 19.5 Å². The van der Waals surface area contributed by atoms with Gasteiger partial charge in [0, 0.05) is 22.2 Å². The Balaban J connectivity index is 0.00000337. The van der Waals surface area contributed by atoms with Crippen LogP contribution in [0, 0.1) is 0 Å². The van der Waals surface area contributed by atoms with Crippen LogP contribution in [-0.2, 0) is 6.61 Å². The molecule has 0 bridgehead atoms. The molecule has 210 valence electrons. The number of rotatable bonds is 7. The van der Waals surface area contributed by atoms with Gasteiger partial charge in [0.2, 0.25) is 0 Å². The summed E-state index contributed by atoms with van der Waals surface area (Å²) in [4.78, 5) is 16.5. The van der Waals surface area contributed by atoms with Crippen molar-refractivity contribution in [2.24, 2.45) is 0 Å². The quantitative estimate of drug-likeness (QED) is 0.198. The Labute approximate surface area is 249 Å².